The average molecular weight is 327 g/mol. The molecule has 4 nitrogen and oxygen atoms in total. The van der Waals surface area contributed by atoms with Crippen LogP contribution in [0, 0.1) is 23.5 Å². The molecule has 1 aromatic carbocycles. The quantitative estimate of drug-likeness (QED) is 0.770. The van der Waals surface area contributed by atoms with Gasteiger partial charge in [-0.2, -0.15) is 0 Å². The molecule has 2 N–H and O–H groups in total. The Morgan fingerprint density at radius 1 is 1.35 bits per heavy atom. The largest absolute Gasteiger partial charge is 0.389 e. The molecule has 0 aromatic heterocycles. The normalized spacial score (nSPS) is 21.3. The number of halogens is 2. The highest BCUT2D eigenvalue weighted by atomic mass is 19.1. The Kier molecular flexibility index (Phi) is 6.07. The summed E-state index contributed by atoms with van der Waals surface area (Å²) in [5.74, 6) is -2.02. The summed E-state index contributed by atoms with van der Waals surface area (Å²) in [6.07, 6.45) is -0.371. The number of benzene rings is 1. The minimum absolute atomic E-state index is 0.0199. The first-order valence-electron chi connectivity index (χ1n) is 7.87. The van der Waals surface area contributed by atoms with Gasteiger partial charge in [0.05, 0.1) is 12.7 Å². The highest BCUT2D eigenvalue weighted by molar-refractivity contribution is 5.82. The molecule has 1 saturated carbocycles. The number of aliphatic hydroxyl groups excluding tert-OH is 1. The lowest BCUT2D eigenvalue weighted by Crippen LogP contribution is -2.35. The lowest BCUT2D eigenvalue weighted by Gasteiger charge is -2.13. The summed E-state index contributed by atoms with van der Waals surface area (Å²) in [5, 5.41) is 12.3. The molecule has 1 aromatic rings. The molecule has 1 aliphatic carbocycles. The van der Waals surface area contributed by atoms with E-state index in [1.54, 1.807) is 0 Å². The third kappa shape index (κ3) is 4.97. The fraction of sp³-hybridized carbons (Fsp3) is 0.588. The summed E-state index contributed by atoms with van der Waals surface area (Å²) in [4.78, 5) is 12.0. The molecule has 0 bridgehead atoms. The molecule has 0 radical (unpaired) electrons. The minimum atomic E-state index is -0.792. The van der Waals surface area contributed by atoms with Crippen molar-refractivity contribution in [1.29, 1.82) is 0 Å². The fourth-order valence-corrected chi connectivity index (χ4v) is 2.52. The molecular weight excluding hydrogens is 304 g/mol. The van der Waals surface area contributed by atoms with Gasteiger partial charge < -0.3 is 15.2 Å². The summed E-state index contributed by atoms with van der Waals surface area (Å²) < 4.78 is 32.6. The van der Waals surface area contributed by atoms with Crippen LogP contribution in [0.3, 0.4) is 0 Å². The Labute approximate surface area is 134 Å². The zero-order valence-corrected chi connectivity index (χ0v) is 13.4. The fourth-order valence-electron chi connectivity index (χ4n) is 2.52. The van der Waals surface area contributed by atoms with Crippen molar-refractivity contribution < 1.29 is 23.4 Å². The Hall–Kier alpha value is -1.53. The lowest BCUT2D eigenvalue weighted by molar-refractivity contribution is -0.123. The van der Waals surface area contributed by atoms with Crippen LogP contribution in [0.25, 0.3) is 0 Å². The van der Waals surface area contributed by atoms with Gasteiger partial charge in [-0.3, -0.25) is 4.79 Å². The van der Waals surface area contributed by atoms with Gasteiger partial charge in [0.15, 0.2) is 0 Å². The van der Waals surface area contributed by atoms with Crippen molar-refractivity contribution in [1.82, 2.24) is 5.32 Å². The van der Waals surface area contributed by atoms with Gasteiger partial charge in [0.1, 0.15) is 11.6 Å². The average Bonchev–Trinajstić information content (AvgIpc) is 3.24. The number of hydrogen-bond donors (Lipinski definition) is 2. The second-order valence-electron chi connectivity index (χ2n) is 6.41. The maximum absolute atomic E-state index is 13.7. The Morgan fingerprint density at radius 3 is 2.61 bits per heavy atom. The number of carbonyl (C=O) groups is 1. The van der Waals surface area contributed by atoms with Crippen molar-refractivity contribution in [3.63, 3.8) is 0 Å². The van der Waals surface area contributed by atoms with Crippen LogP contribution in [0.15, 0.2) is 18.2 Å². The molecule has 1 fully saturated rings. The van der Waals surface area contributed by atoms with Gasteiger partial charge in [-0.15, -0.1) is 0 Å². The number of ether oxygens (including phenoxy) is 1. The SMILES string of the molecule is CC(C)COCC(O)CNC(=O)C1CC1c1c(F)cccc1F. The van der Waals surface area contributed by atoms with E-state index in [0.717, 1.165) is 0 Å². The molecule has 0 saturated heterocycles. The Bertz CT molecular complexity index is 530. The number of nitrogens with one attached hydrogen (secondary N) is 1. The first-order valence-corrected chi connectivity index (χ1v) is 7.87. The molecule has 3 atom stereocenters. The first kappa shape index (κ1) is 17.8. The molecule has 2 rings (SSSR count). The van der Waals surface area contributed by atoms with E-state index in [9.17, 15) is 18.7 Å². The summed E-state index contributed by atoms with van der Waals surface area (Å²) in [5.41, 5.74) is -0.0199. The third-order valence-corrected chi connectivity index (χ3v) is 3.77. The van der Waals surface area contributed by atoms with Gasteiger partial charge in [0.25, 0.3) is 0 Å². The van der Waals surface area contributed by atoms with Crippen molar-refractivity contribution in [2.45, 2.75) is 32.3 Å². The first-order chi connectivity index (χ1) is 10.9. The standard InChI is InChI=1S/C17H23F2NO3/c1-10(2)8-23-9-11(21)7-20-17(22)13-6-12(13)16-14(18)4-3-5-15(16)19/h3-5,10-13,21H,6-9H2,1-2H3,(H,20,22). The maximum Gasteiger partial charge on any atom is 0.223 e. The Balaban J connectivity index is 1.76. The predicted octanol–water partition coefficient (Wildman–Crippen LogP) is 2.22. The number of aliphatic hydroxyl groups is 1. The van der Waals surface area contributed by atoms with Crippen LogP contribution in [0.4, 0.5) is 8.78 Å². The van der Waals surface area contributed by atoms with Crippen molar-refractivity contribution >= 4 is 5.91 Å². The van der Waals surface area contributed by atoms with Crippen molar-refractivity contribution in [2.24, 2.45) is 11.8 Å². The van der Waals surface area contributed by atoms with Gasteiger partial charge in [-0.1, -0.05) is 19.9 Å². The molecule has 0 heterocycles. The summed E-state index contributed by atoms with van der Waals surface area (Å²) >= 11 is 0. The van der Waals surface area contributed by atoms with Crippen LogP contribution in [0.2, 0.25) is 0 Å². The van der Waals surface area contributed by atoms with E-state index in [4.69, 9.17) is 4.74 Å². The predicted molar refractivity (Wildman–Crippen MR) is 81.9 cm³/mol. The van der Waals surface area contributed by atoms with Crippen LogP contribution >= 0.6 is 0 Å². The number of rotatable bonds is 8. The second kappa shape index (κ2) is 7.84. The molecule has 1 aliphatic rings. The Morgan fingerprint density at radius 2 is 2.00 bits per heavy atom. The van der Waals surface area contributed by atoms with Gasteiger partial charge in [0, 0.05) is 30.6 Å². The molecular formula is C17H23F2NO3. The van der Waals surface area contributed by atoms with Crippen molar-refractivity contribution in [2.75, 3.05) is 19.8 Å². The summed E-state index contributed by atoms with van der Waals surface area (Å²) in [6, 6.07) is 3.70. The topological polar surface area (TPSA) is 58.6 Å². The van der Waals surface area contributed by atoms with Crippen molar-refractivity contribution in [3.8, 4) is 0 Å². The van der Waals surface area contributed by atoms with E-state index in [-0.39, 0.29) is 24.6 Å². The number of amides is 1. The van der Waals surface area contributed by atoms with E-state index in [1.807, 2.05) is 13.8 Å². The lowest BCUT2D eigenvalue weighted by atomic mass is 10.1. The smallest absolute Gasteiger partial charge is 0.223 e. The van der Waals surface area contributed by atoms with E-state index in [2.05, 4.69) is 5.32 Å². The molecule has 0 spiro atoms. The third-order valence-electron chi connectivity index (χ3n) is 3.77. The minimum Gasteiger partial charge on any atom is -0.389 e. The van der Waals surface area contributed by atoms with Crippen molar-refractivity contribution in [3.05, 3.63) is 35.4 Å². The van der Waals surface area contributed by atoms with E-state index in [1.165, 1.54) is 18.2 Å². The monoisotopic (exact) mass is 327 g/mol. The highest BCUT2D eigenvalue weighted by Gasteiger charge is 2.46. The molecule has 6 heteroatoms. The zero-order valence-electron chi connectivity index (χ0n) is 13.4. The molecule has 3 unspecified atom stereocenters. The van der Waals surface area contributed by atoms with E-state index >= 15 is 0 Å². The van der Waals surface area contributed by atoms with Gasteiger partial charge in [-0.25, -0.2) is 8.78 Å². The van der Waals surface area contributed by atoms with Gasteiger partial charge in [-0.05, 0) is 24.5 Å². The van der Waals surface area contributed by atoms with Crippen LogP contribution in [0.1, 0.15) is 31.7 Å². The molecule has 23 heavy (non-hydrogen) atoms. The molecule has 1 amide bonds. The number of carbonyl (C=O) groups excluding carboxylic acids is 1. The van der Waals surface area contributed by atoms with E-state index in [0.29, 0.717) is 18.9 Å². The maximum atomic E-state index is 13.7. The van der Waals surface area contributed by atoms with Crippen LogP contribution in [0.5, 0.6) is 0 Å². The summed E-state index contributed by atoms with van der Waals surface area (Å²) in [6.45, 7) is 4.77. The summed E-state index contributed by atoms with van der Waals surface area (Å²) in [7, 11) is 0. The second-order valence-corrected chi connectivity index (χ2v) is 6.41. The van der Waals surface area contributed by atoms with Gasteiger partial charge in [0.2, 0.25) is 5.91 Å². The van der Waals surface area contributed by atoms with E-state index < -0.39 is 29.6 Å². The van der Waals surface area contributed by atoms with Crippen LogP contribution in [-0.4, -0.2) is 36.9 Å². The molecule has 128 valence electrons. The van der Waals surface area contributed by atoms with Crippen LogP contribution < -0.4 is 5.32 Å². The molecule has 0 aliphatic heterocycles. The highest BCUT2D eigenvalue weighted by Crippen LogP contribution is 2.49. The zero-order chi connectivity index (χ0) is 17.0. The van der Waals surface area contributed by atoms with Gasteiger partial charge >= 0.3 is 0 Å². The number of hydrogen-bond acceptors (Lipinski definition) is 3. The van der Waals surface area contributed by atoms with Crippen LogP contribution in [-0.2, 0) is 9.53 Å².